The molecule has 2 aromatic rings. The van der Waals surface area contributed by atoms with Crippen molar-refractivity contribution in [3.8, 4) is 11.5 Å². The molecule has 10 heteroatoms. The third-order valence-electron chi connectivity index (χ3n) is 3.40. The standard InChI is InChI=1S/C18H16F2N2O6/c1-26-14-8-11(4-7-13(14)28-18(19)20)17(25)27-9-15(23)22-12-5-2-10(3-6-12)16(21)24/h2-8,18H,9H2,1H3,(H2,21,24)(H,22,23). The number of alkyl halides is 2. The van der Waals surface area contributed by atoms with E-state index >= 15 is 0 Å². The summed E-state index contributed by atoms with van der Waals surface area (Å²) in [5.41, 5.74) is 5.75. The van der Waals surface area contributed by atoms with E-state index in [0.717, 1.165) is 12.1 Å². The monoisotopic (exact) mass is 394 g/mol. The Morgan fingerprint density at radius 1 is 1.04 bits per heavy atom. The van der Waals surface area contributed by atoms with Gasteiger partial charge in [-0.25, -0.2) is 4.79 Å². The predicted molar refractivity (Wildman–Crippen MR) is 93.5 cm³/mol. The molecular weight excluding hydrogens is 378 g/mol. The fourth-order valence-electron chi connectivity index (χ4n) is 2.12. The lowest BCUT2D eigenvalue weighted by Gasteiger charge is -2.11. The molecule has 0 saturated carbocycles. The second-order valence-electron chi connectivity index (χ2n) is 5.31. The number of primary amides is 1. The van der Waals surface area contributed by atoms with Crippen molar-refractivity contribution in [3.63, 3.8) is 0 Å². The highest BCUT2D eigenvalue weighted by Crippen LogP contribution is 2.29. The average Bonchev–Trinajstić information content (AvgIpc) is 2.66. The van der Waals surface area contributed by atoms with Crippen LogP contribution in [0.2, 0.25) is 0 Å². The molecule has 0 spiro atoms. The number of halogens is 2. The lowest BCUT2D eigenvalue weighted by molar-refractivity contribution is -0.119. The second-order valence-corrected chi connectivity index (χ2v) is 5.31. The van der Waals surface area contributed by atoms with Crippen LogP contribution in [0.15, 0.2) is 42.5 Å². The summed E-state index contributed by atoms with van der Waals surface area (Å²) < 4.78 is 38.6. The summed E-state index contributed by atoms with van der Waals surface area (Å²) in [6.07, 6.45) is 0. The van der Waals surface area contributed by atoms with Crippen molar-refractivity contribution in [2.45, 2.75) is 6.61 Å². The van der Waals surface area contributed by atoms with Crippen LogP contribution in [0.25, 0.3) is 0 Å². The molecule has 0 aliphatic heterocycles. The quantitative estimate of drug-likeness (QED) is 0.663. The summed E-state index contributed by atoms with van der Waals surface area (Å²) in [4.78, 5) is 34.9. The molecule has 2 amide bonds. The summed E-state index contributed by atoms with van der Waals surface area (Å²) in [6, 6.07) is 9.27. The third-order valence-corrected chi connectivity index (χ3v) is 3.40. The van der Waals surface area contributed by atoms with Gasteiger partial charge in [-0.2, -0.15) is 8.78 Å². The van der Waals surface area contributed by atoms with Gasteiger partial charge in [0.1, 0.15) is 0 Å². The molecule has 0 heterocycles. The minimum absolute atomic E-state index is 0.0166. The molecule has 0 radical (unpaired) electrons. The minimum atomic E-state index is -3.05. The van der Waals surface area contributed by atoms with Crippen LogP contribution in [0, 0.1) is 0 Å². The zero-order chi connectivity index (χ0) is 20.7. The zero-order valence-electron chi connectivity index (χ0n) is 14.6. The minimum Gasteiger partial charge on any atom is -0.493 e. The van der Waals surface area contributed by atoms with E-state index in [2.05, 4.69) is 10.1 Å². The van der Waals surface area contributed by atoms with Crippen LogP contribution in [0.4, 0.5) is 14.5 Å². The Labute approximate surface area is 158 Å². The van der Waals surface area contributed by atoms with Gasteiger partial charge in [0.05, 0.1) is 12.7 Å². The van der Waals surface area contributed by atoms with E-state index in [-0.39, 0.29) is 22.6 Å². The molecular formula is C18H16F2N2O6. The summed E-state index contributed by atoms with van der Waals surface area (Å²) >= 11 is 0. The van der Waals surface area contributed by atoms with Crippen LogP contribution in [-0.4, -0.2) is 38.1 Å². The predicted octanol–water partition coefficient (Wildman–Crippen LogP) is 2.19. The van der Waals surface area contributed by atoms with Crippen LogP contribution in [0.3, 0.4) is 0 Å². The van der Waals surface area contributed by atoms with Crippen molar-refractivity contribution in [2.24, 2.45) is 5.73 Å². The number of hydrogen-bond donors (Lipinski definition) is 2. The normalized spacial score (nSPS) is 10.3. The van der Waals surface area contributed by atoms with Gasteiger partial charge in [-0.3, -0.25) is 9.59 Å². The number of carbonyl (C=O) groups is 3. The fraction of sp³-hybridized carbons (Fsp3) is 0.167. The summed E-state index contributed by atoms with van der Waals surface area (Å²) in [5, 5.41) is 2.47. The zero-order valence-corrected chi connectivity index (χ0v) is 14.6. The first-order chi connectivity index (χ1) is 13.3. The Bertz CT molecular complexity index is 871. The number of methoxy groups -OCH3 is 1. The van der Waals surface area contributed by atoms with Crippen LogP contribution in [0.1, 0.15) is 20.7 Å². The van der Waals surface area contributed by atoms with Gasteiger partial charge in [0.15, 0.2) is 18.1 Å². The molecule has 0 bridgehead atoms. The van der Waals surface area contributed by atoms with Gasteiger partial charge < -0.3 is 25.3 Å². The van der Waals surface area contributed by atoms with Crippen LogP contribution < -0.4 is 20.5 Å². The smallest absolute Gasteiger partial charge is 0.387 e. The van der Waals surface area contributed by atoms with Crippen molar-refractivity contribution in [1.29, 1.82) is 0 Å². The highest BCUT2D eigenvalue weighted by Gasteiger charge is 2.16. The van der Waals surface area contributed by atoms with Gasteiger partial charge in [0.2, 0.25) is 5.91 Å². The first-order valence-corrected chi connectivity index (χ1v) is 7.80. The highest BCUT2D eigenvalue weighted by molar-refractivity contribution is 5.97. The number of nitrogens with one attached hydrogen (secondary N) is 1. The lowest BCUT2D eigenvalue weighted by atomic mass is 10.2. The summed E-state index contributed by atoms with van der Waals surface area (Å²) in [5.74, 6) is -2.42. The van der Waals surface area contributed by atoms with Gasteiger partial charge in [0, 0.05) is 11.3 Å². The van der Waals surface area contributed by atoms with E-state index in [0.29, 0.717) is 5.69 Å². The SMILES string of the molecule is COc1cc(C(=O)OCC(=O)Nc2ccc(C(N)=O)cc2)ccc1OC(F)F. The lowest BCUT2D eigenvalue weighted by Crippen LogP contribution is -2.21. The third kappa shape index (κ3) is 5.66. The molecule has 0 unspecified atom stereocenters. The highest BCUT2D eigenvalue weighted by atomic mass is 19.3. The van der Waals surface area contributed by atoms with E-state index in [4.69, 9.17) is 15.2 Å². The maximum Gasteiger partial charge on any atom is 0.387 e. The van der Waals surface area contributed by atoms with E-state index in [1.165, 1.54) is 37.4 Å². The number of amides is 2. The van der Waals surface area contributed by atoms with E-state index in [9.17, 15) is 23.2 Å². The molecule has 0 fully saturated rings. The first-order valence-electron chi connectivity index (χ1n) is 7.80. The van der Waals surface area contributed by atoms with Crippen molar-refractivity contribution < 1.29 is 37.4 Å². The van der Waals surface area contributed by atoms with Crippen molar-refractivity contribution >= 4 is 23.5 Å². The number of hydrogen-bond acceptors (Lipinski definition) is 6. The van der Waals surface area contributed by atoms with E-state index < -0.39 is 31.0 Å². The molecule has 8 nitrogen and oxygen atoms in total. The topological polar surface area (TPSA) is 117 Å². The summed E-state index contributed by atoms with van der Waals surface area (Å²) in [7, 11) is 1.22. The number of anilines is 1. The van der Waals surface area contributed by atoms with Crippen LogP contribution in [-0.2, 0) is 9.53 Å². The number of esters is 1. The molecule has 148 valence electrons. The number of ether oxygens (including phenoxy) is 3. The molecule has 2 aromatic carbocycles. The number of nitrogens with two attached hydrogens (primary N) is 1. The molecule has 0 aromatic heterocycles. The van der Waals surface area contributed by atoms with Gasteiger partial charge >= 0.3 is 12.6 Å². The fourth-order valence-corrected chi connectivity index (χ4v) is 2.12. The van der Waals surface area contributed by atoms with Gasteiger partial charge in [-0.05, 0) is 42.5 Å². The maximum absolute atomic E-state index is 12.3. The molecule has 0 saturated heterocycles. The van der Waals surface area contributed by atoms with Crippen LogP contribution in [0.5, 0.6) is 11.5 Å². The molecule has 2 rings (SSSR count). The van der Waals surface area contributed by atoms with Crippen molar-refractivity contribution in [1.82, 2.24) is 0 Å². The Balaban J connectivity index is 1.93. The molecule has 0 aliphatic carbocycles. The van der Waals surface area contributed by atoms with Crippen molar-refractivity contribution in [3.05, 3.63) is 53.6 Å². The second kappa shape index (κ2) is 9.31. The van der Waals surface area contributed by atoms with Gasteiger partial charge in [-0.1, -0.05) is 0 Å². The van der Waals surface area contributed by atoms with Gasteiger partial charge in [0.25, 0.3) is 5.91 Å². The summed E-state index contributed by atoms with van der Waals surface area (Å²) in [6.45, 7) is -3.64. The Hall–Kier alpha value is -3.69. The Morgan fingerprint density at radius 2 is 1.68 bits per heavy atom. The number of rotatable bonds is 8. The largest absolute Gasteiger partial charge is 0.493 e. The Morgan fingerprint density at radius 3 is 2.25 bits per heavy atom. The number of carbonyl (C=O) groups excluding carboxylic acids is 3. The first kappa shape index (κ1) is 20.6. The average molecular weight is 394 g/mol. The van der Waals surface area contributed by atoms with Crippen LogP contribution >= 0.6 is 0 Å². The van der Waals surface area contributed by atoms with E-state index in [1.807, 2.05) is 0 Å². The van der Waals surface area contributed by atoms with E-state index in [1.54, 1.807) is 0 Å². The van der Waals surface area contributed by atoms with Gasteiger partial charge in [-0.15, -0.1) is 0 Å². The van der Waals surface area contributed by atoms with Crippen molar-refractivity contribution in [2.75, 3.05) is 19.0 Å². The molecule has 0 atom stereocenters. The Kier molecular flexibility index (Phi) is 6.85. The number of benzene rings is 2. The molecule has 0 aliphatic rings. The molecule has 3 N–H and O–H groups in total. The maximum atomic E-state index is 12.3. The molecule has 28 heavy (non-hydrogen) atoms.